The maximum atomic E-state index is 13.4. The summed E-state index contributed by atoms with van der Waals surface area (Å²) in [5.41, 5.74) is 0.904. The number of hydrogen-bond donors (Lipinski definition) is 2. The van der Waals surface area contributed by atoms with Crippen molar-refractivity contribution in [3.05, 3.63) is 30.1 Å². The highest BCUT2D eigenvalue weighted by atomic mass is 35.5. The smallest absolute Gasteiger partial charge is 0.220 e. The fourth-order valence-corrected chi connectivity index (χ4v) is 3.60. The third-order valence-electron chi connectivity index (χ3n) is 4.90. The monoisotopic (exact) mass is 391 g/mol. The molecule has 2 saturated heterocycles. The summed E-state index contributed by atoms with van der Waals surface area (Å²) in [6, 6.07) is 6.87. The minimum Gasteiger partial charge on any atom is -0.369 e. The van der Waals surface area contributed by atoms with Gasteiger partial charge in [0.1, 0.15) is 5.82 Å². The van der Waals surface area contributed by atoms with Crippen molar-refractivity contribution in [2.45, 2.75) is 38.1 Å². The van der Waals surface area contributed by atoms with Crippen molar-refractivity contribution < 1.29 is 9.18 Å². The van der Waals surface area contributed by atoms with E-state index in [0.29, 0.717) is 12.3 Å². The van der Waals surface area contributed by atoms with E-state index in [1.54, 1.807) is 12.1 Å². The molecule has 7 heteroatoms. The van der Waals surface area contributed by atoms with Gasteiger partial charge < -0.3 is 15.5 Å². The predicted molar refractivity (Wildman–Crippen MR) is 104 cm³/mol. The largest absolute Gasteiger partial charge is 0.369 e. The first kappa shape index (κ1) is 22.0. The lowest BCUT2D eigenvalue weighted by Crippen LogP contribution is -2.47. The van der Waals surface area contributed by atoms with Gasteiger partial charge in [-0.1, -0.05) is 6.07 Å². The number of benzene rings is 1. The minimum atomic E-state index is -0.209. The molecule has 4 nitrogen and oxygen atoms in total. The lowest BCUT2D eigenvalue weighted by atomic mass is 10.0. The maximum Gasteiger partial charge on any atom is 0.220 e. The van der Waals surface area contributed by atoms with Crippen LogP contribution in [0.25, 0.3) is 0 Å². The number of rotatable bonds is 5. The van der Waals surface area contributed by atoms with Gasteiger partial charge in [0.2, 0.25) is 5.91 Å². The van der Waals surface area contributed by atoms with E-state index in [1.165, 1.54) is 12.5 Å². The molecule has 1 amide bonds. The van der Waals surface area contributed by atoms with Gasteiger partial charge in [-0.25, -0.2) is 4.39 Å². The zero-order valence-electron chi connectivity index (χ0n) is 14.4. The molecule has 0 radical (unpaired) electrons. The fourth-order valence-electron chi connectivity index (χ4n) is 3.60. The van der Waals surface area contributed by atoms with Crippen molar-refractivity contribution in [1.82, 2.24) is 10.6 Å². The van der Waals surface area contributed by atoms with Gasteiger partial charge in [-0.2, -0.15) is 0 Å². The number of nitrogens with one attached hydrogen (secondary N) is 2. The van der Waals surface area contributed by atoms with Crippen LogP contribution in [0, 0.1) is 11.7 Å². The third-order valence-corrected chi connectivity index (χ3v) is 4.90. The Morgan fingerprint density at radius 3 is 2.88 bits per heavy atom. The van der Waals surface area contributed by atoms with Crippen molar-refractivity contribution >= 4 is 36.4 Å². The van der Waals surface area contributed by atoms with E-state index in [2.05, 4.69) is 15.5 Å². The second-order valence-electron chi connectivity index (χ2n) is 6.73. The van der Waals surface area contributed by atoms with Crippen LogP contribution in [0.2, 0.25) is 0 Å². The number of piperidine rings is 1. The number of nitrogens with zero attached hydrogens (tertiary/aromatic N) is 1. The molecule has 2 atom stereocenters. The Bertz CT molecular complexity index is 541. The molecule has 0 aromatic heterocycles. The average molecular weight is 392 g/mol. The van der Waals surface area contributed by atoms with Gasteiger partial charge in [-0.15, -0.1) is 24.8 Å². The Balaban J connectivity index is 0.00000156. The number of carbonyl (C=O) groups excluding carboxylic acids is 1. The summed E-state index contributed by atoms with van der Waals surface area (Å²) < 4.78 is 13.4. The van der Waals surface area contributed by atoms with Crippen LogP contribution < -0.4 is 15.5 Å². The highest BCUT2D eigenvalue weighted by molar-refractivity contribution is 5.85. The van der Waals surface area contributed by atoms with Gasteiger partial charge >= 0.3 is 0 Å². The van der Waals surface area contributed by atoms with E-state index in [1.807, 2.05) is 6.07 Å². The molecule has 0 spiro atoms. The standard InChI is InChI=1S/C18H26FN3O.2ClH/c19-15-3-1-5-17(11-15)22-10-2-4-16(13-22)21-18(23)7-6-14-8-9-20-12-14;;/h1,3,5,11,14,16,20H,2,4,6-10,12-13H2,(H,21,23);2*1H. The van der Waals surface area contributed by atoms with Crippen molar-refractivity contribution in [1.29, 1.82) is 0 Å². The zero-order chi connectivity index (χ0) is 16.1. The molecule has 0 bridgehead atoms. The summed E-state index contributed by atoms with van der Waals surface area (Å²) in [5, 5.41) is 6.50. The van der Waals surface area contributed by atoms with Crippen LogP contribution in [0.15, 0.2) is 24.3 Å². The molecule has 2 aliphatic heterocycles. The molecule has 25 heavy (non-hydrogen) atoms. The van der Waals surface area contributed by atoms with E-state index < -0.39 is 0 Å². The number of hydrogen-bond acceptors (Lipinski definition) is 3. The highest BCUT2D eigenvalue weighted by Gasteiger charge is 2.22. The van der Waals surface area contributed by atoms with E-state index >= 15 is 0 Å². The maximum absolute atomic E-state index is 13.4. The van der Waals surface area contributed by atoms with E-state index in [0.717, 1.165) is 51.1 Å². The number of amides is 1. The average Bonchev–Trinajstić information content (AvgIpc) is 3.07. The van der Waals surface area contributed by atoms with E-state index in [4.69, 9.17) is 0 Å². The van der Waals surface area contributed by atoms with Gasteiger partial charge in [0.05, 0.1) is 0 Å². The van der Waals surface area contributed by atoms with Crippen LogP contribution in [0.5, 0.6) is 0 Å². The van der Waals surface area contributed by atoms with Crippen molar-refractivity contribution in [2.75, 3.05) is 31.1 Å². The van der Waals surface area contributed by atoms with Gasteiger partial charge in [0.15, 0.2) is 0 Å². The van der Waals surface area contributed by atoms with Gasteiger partial charge in [-0.05, 0) is 62.9 Å². The summed E-state index contributed by atoms with van der Waals surface area (Å²) in [6.45, 7) is 3.81. The topological polar surface area (TPSA) is 44.4 Å². The first-order valence-electron chi connectivity index (χ1n) is 8.71. The molecule has 3 rings (SSSR count). The first-order chi connectivity index (χ1) is 11.2. The van der Waals surface area contributed by atoms with Crippen molar-refractivity contribution in [2.24, 2.45) is 5.92 Å². The number of anilines is 1. The summed E-state index contributed by atoms with van der Waals surface area (Å²) in [6.07, 6.45) is 4.79. The lowest BCUT2D eigenvalue weighted by Gasteiger charge is -2.34. The van der Waals surface area contributed by atoms with Crippen molar-refractivity contribution in [3.8, 4) is 0 Å². The van der Waals surface area contributed by atoms with Crippen LogP contribution in [0.1, 0.15) is 32.1 Å². The number of halogens is 3. The normalized spacial score (nSPS) is 22.7. The van der Waals surface area contributed by atoms with E-state index in [9.17, 15) is 9.18 Å². The van der Waals surface area contributed by atoms with E-state index in [-0.39, 0.29) is 42.6 Å². The minimum absolute atomic E-state index is 0. The molecule has 1 aromatic rings. The molecule has 1 aromatic carbocycles. The Labute approximate surface area is 161 Å². The summed E-state index contributed by atoms with van der Waals surface area (Å²) in [4.78, 5) is 14.3. The summed E-state index contributed by atoms with van der Waals surface area (Å²) >= 11 is 0. The molecule has 2 heterocycles. The SMILES string of the molecule is Cl.Cl.O=C(CCC1CCNC1)NC1CCCN(c2cccc(F)c2)C1. The molecule has 2 fully saturated rings. The second kappa shape index (κ2) is 10.8. The van der Waals surface area contributed by atoms with Gasteiger partial charge in [0.25, 0.3) is 0 Å². The Kier molecular flexibility index (Phi) is 9.54. The quantitative estimate of drug-likeness (QED) is 0.809. The lowest BCUT2D eigenvalue weighted by molar-refractivity contribution is -0.122. The van der Waals surface area contributed by atoms with Crippen LogP contribution in [-0.4, -0.2) is 38.1 Å². The van der Waals surface area contributed by atoms with Crippen LogP contribution in [0.3, 0.4) is 0 Å². The molecule has 2 unspecified atom stereocenters. The number of carbonyl (C=O) groups is 1. The molecule has 2 N–H and O–H groups in total. The molecule has 142 valence electrons. The second-order valence-corrected chi connectivity index (χ2v) is 6.73. The van der Waals surface area contributed by atoms with Gasteiger partial charge in [0, 0.05) is 31.2 Å². The Hall–Kier alpha value is -1.04. The fraction of sp³-hybridized carbons (Fsp3) is 0.611. The third kappa shape index (κ3) is 6.65. The van der Waals surface area contributed by atoms with Crippen molar-refractivity contribution in [3.63, 3.8) is 0 Å². The predicted octanol–water partition coefficient (Wildman–Crippen LogP) is 3.14. The summed E-state index contributed by atoms with van der Waals surface area (Å²) in [7, 11) is 0. The zero-order valence-corrected chi connectivity index (χ0v) is 16.0. The highest BCUT2D eigenvalue weighted by Crippen LogP contribution is 2.21. The van der Waals surface area contributed by atoms with Crippen LogP contribution in [0.4, 0.5) is 10.1 Å². The summed E-state index contributed by atoms with van der Waals surface area (Å²) in [5.74, 6) is 0.595. The first-order valence-corrected chi connectivity index (χ1v) is 8.71. The Morgan fingerprint density at radius 1 is 1.32 bits per heavy atom. The molecular weight excluding hydrogens is 364 g/mol. The Morgan fingerprint density at radius 2 is 2.16 bits per heavy atom. The van der Waals surface area contributed by atoms with Crippen LogP contribution >= 0.6 is 24.8 Å². The molecule has 0 aliphatic carbocycles. The van der Waals surface area contributed by atoms with Crippen LogP contribution in [-0.2, 0) is 4.79 Å². The molecule has 0 saturated carbocycles. The molecular formula is C18H28Cl2FN3O. The van der Waals surface area contributed by atoms with Gasteiger partial charge in [-0.3, -0.25) is 4.79 Å². The molecule has 2 aliphatic rings.